The van der Waals surface area contributed by atoms with E-state index >= 15 is 0 Å². The van der Waals surface area contributed by atoms with Crippen molar-refractivity contribution in [3.8, 4) is 0 Å². The number of aromatic nitrogens is 2. The van der Waals surface area contributed by atoms with Gasteiger partial charge in [0.05, 0.1) is 11.7 Å². The maximum absolute atomic E-state index is 12.1. The van der Waals surface area contributed by atoms with Gasteiger partial charge in [-0.2, -0.15) is 5.10 Å². The van der Waals surface area contributed by atoms with Crippen molar-refractivity contribution in [3.05, 3.63) is 17.5 Å². The first kappa shape index (κ1) is 14.4. The molecule has 1 fully saturated rings. The molecular formula is C13H19N3O4. The van der Waals surface area contributed by atoms with Crippen LogP contribution in [-0.4, -0.2) is 44.4 Å². The molecule has 1 aliphatic heterocycles. The van der Waals surface area contributed by atoms with Crippen LogP contribution < -0.4 is 0 Å². The summed E-state index contributed by atoms with van der Waals surface area (Å²) in [5, 5.41) is 15.3. The number of hydrogen-bond acceptors (Lipinski definition) is 4. The van der Waals surface area contributed by atoms with E-state index in [0.717, 1.165) is 12.8 Å². The van der Waals surface area contributed by atoms with Crippen LogP contribution in [0.3, 0.4) is 0 Å². The number of aromatic amines is 1. The number of ether oxygens (including phenoxy) is 1. The van der Waals surface area contributed by atoms with E-state index in [-0.39, 0.29) is 17.8 Å². The fraction of sp³-hybridized carbons (Fsp3) is 0.615. The van der Waals surface area contributed by atoms with Crippen LogP contribution in [0.2, 0.25) is 0 Å². The second-order valence-corrected chi connectivity index (χ2v) is 5.85. The fourth-order valence-corrected chi connectivity index (χ4v) is 2.25. The fourth-order valence-electron chi connectivity index (χ4n) is 2.25. The number of carboxylic acid groups (broad SMARTS) is 1. The Kier molecular flexibility index (Phi) is 3.69. The number of carbonyl (C=O) groups is 2. The number of nitrogens with zero attached hydrogens (tertiary/aromatic N) is 2. The molecule has 0 radical (unpaired) electrons. The van der Waals surface area contributed by atoms with Crippen LogP contribution in [0.1, 0.15) is 55.8 Å². The maximum Gasteiger partial charge on any atom is 0.410 e. The number of carboxylic acids is 1. The van der Waals surface area contributed by atoms with Gasteiger partial charge in [0, 0.05) is 6.54 Å². The van der Waals surface area contributed by atoms with E-state index in [1.165, 1.54) is 6.07 Å². The van der Waals surface area contributed by atoms with Crippen molar-refractivity contribution in [2.24, 2.45) is 0 Å². The minimum absolute atomic E-state index is 0.0453. The molecule has 1 amide bonds. The number of rotatable bonds is 2. The monoisotopic (exact) mass is 281 g/mol. The highest BCUT2D eigenvalue weighted by Crippen LogP contribution is 2.32. The number of nitrogens with one attached hydrogen (secondary N) is 1. The van der Waals surface area contributed by atoms with Crippen molar-refractivity contribution < 1.29 is 19.4 Å². The van der Waals surface area contributed by atoms with E-state index in [0.29, 0.717) is 12.2 Å². The predicted octanol–water partition coefficient (Wildman–Crippen LogP) is 2.18. The van der Waals surface area contributed by atoms with Gasteiger partial charge in [-0.15, -0.1) is 0 Å². The summed E-state index contributed by atoms with van der Waals surface area (Å²) in [6, 6.07) is 1.26. The van der Waals surface area contributed by atoms with Crippen molar-refractivity contribution in [1.82, 2.24) is 15.1 Å². The van der Waals surface area contributed by atoms with E-state index in [4.69, 9.17) is 9.84 Å². The molecule has 0 bridgehead atoms. The summed E-state index contributed by atoms with van der Waals surface area (Å²) in [5.41, 5.74) is 0.0338. The van der Waals surface area contributed by atoms with Crippen LogP contribution in [0, 0.1) is 0 Å². The van der Waals surface area contributed by atoms with Crippen LogP contribution in [0.4, 0.5) is 4.79 Å². The highest BCUT2D eigenvalue weighted by Gasteiger charge is 2.34. The smallest absolute Gasteiger partial charge is 0.410 e. The van der Waals surface area contributed by atoms with E-state index in [1.54, 1.807) is 4.90 Å². The zero-order valence-electron chi connectivity index (χ0n) is 11.8. The number of likely N-dealkylation sites (tertiary alicyclic amines) is 1. The lowest BCUT2D eigenvalue weighted by Crippen LogP contribution is -2.36. The lowest BCUT2D eigenvalue weighted by molar-refractivity contribution is 0.0221. The average molecular weight is 281 g/mol. The first-order valence-electron chi connectivity index (χ1n) is 6.56. The van der Waals surface area contributed by atoms with Gasteiger partial charge >= 0.3 is 12.1 Å². The van der Waals surface area contributed by atoms with Gasteiger partial charge < -0.3 is 9.84 Å². The number of H-pyrrole nitrogens is 1. The summed E-state index contributed by atoms with van der Waals surface area (Å²) in [6.07, 6.45) is 1.23. The van der Waals surface area contributed by atoms with Gasteiger partial charge in [0.15, 0.2) is 5.69 Å². The third-order valence-electron chi connectivity index (χ3n) is 3.06. The van der Waals surface area contributed by atoms with Crippen LogP contribution >= 0.6 is 0 Å². The topological polar surface area (TPSA) is 95.5 Å². The Morgan fingerprint density at radius 2 is 2.20 bits per heavy atom. The van der Waals surface area contributed by atoms with Gasteiger partial charge in [-0.05, 0) is 39.7 Å². The van der Waals surface area contributed by atoms with Crippen molar-refractivity contribution in [2.75, 3.05) is 6.54 Å². The number of carbonyl (C=O) groups excluding carboxylic acids is 1. The normalized spacial score (nSPS) is 19.1. The zero-order chi connectivity index (χ0) is 14.9. The molecule has 0 saturated carbocycles. The molecule has 7 heteroatoms. The lowest BCUT2D eigenvalue weighted by atomic mass is 10.1. The SMILES string of the molecule is CC(C)(C)OC(=O)N1CCCC1c1cc(C(=O)O)n[nH]1. The van der Waals surface area contributed by atoms with Gasteiger partial charge in [-0.3, -0.25) is 10.00 Å². The Morgan fingerprint density at radius 3 is 2.75 bits per heavy atom. The summed E-state index contributed by atoms with van der Waals surface area (Å²) in [7, 11) is 0. The van der Waals surface area contributed by atoms with Gasteiger partial charge in [-0.25, -0.2) is 9.59 Å². The summed E-state index contributed by atoms with van der Waals surface area (Å²) in [5.74, 6) is -1.09. The third kappa shape index (κ3) is 3.09. The molecule has 1 unspecified atom stereocenters. The Labute approximate surface area is 116 Å². The number of aromatic carboxylic acids is 1. The Bertz CT molecular complexity index is 518. The third-order valence-corrected chi connectivity index (χ3v) is 3.06. The minimum atomic E-state index is -1.09. The number of hydrogen-bond donors (Lipinski definition) is 2. The molecule has 1 atom stereocenters. The molecule has 2 rings (SSSR count). The Hall–Kier alpha value is -2.05. The molecular weight excluding hydrogens is 262 g/mol. The van der Waals surface area contributed by atoms with Gasteiger partial charge in [0.25, 0.3) is 0 Å². The van der Waals surface area contributed by atoms with E-state index in [1.807, 2.05) is 20.8 Å². The molecule has 0 aliphatic carbocycles. The van der Waals surface area contributed by atoms with Gasteiger partial charge in [0.2, 0.25) is 0 Å². The molecule has 2 heterocycles. The van der Waals surface area contributed by atoms with Crippen molar-refractivity contribution >= 4 is 12.1 Å². The summed E-state index contributed by atoms with van der Waals surface area (Å²) >= 11 is 0. The molecule has 1 aromatic rings. The maximum atomic E-state index is 12.1. The standard InChI is InChI=1S/C13H19N3O4/c1-13(2,3)20-12(19)16-6-4-5-10(16)8-7-9(11(17)18)15-14-8/h7,10H,4-6H2,1-3H3,(H,14,15)(H,17,18). The molecule has 1 aliphatic rings. The molecule has 1 saturated heterocycles. The lowest BCUT2D eigenvalue weighted by Gasteiger charge is -2.28. The van der Waals surface area contributed by atoms with Crippen LogP contribution in [0.15, 0.2) is 6.07 Å². The first-order valence-corrected chi connectivity index (χ1v) is 6.56. The largest absolute Gasteiger partial charge is 0.476 e. The molecule has 2 N–H and O–H groups in total. The van der Waals surface area contributed by atoms with Gasteiger partial charge in [-0.1, -0.05) is 0 Å². The van der Waals surface area contributed by atoms with E-state index in [9.17, 15) is 9.59 Å². The Balaban J connectivity index is 2.14. The highest BCUT2D eigenvalue weighted by molar-refractivity contribution is 5.85. The predicted molar refractivity (Wildman–Crippen MR) is 70.5 cm³/mol. The zero-order valence-corrected chi connectivity index (χ0v) is 11.8. The summed E-state index contributed by atoms with van der Waals surface area (Å²) in [6.45, 7) is 6.04. The molecule has 0 spiro atoms. The summed E-state index contributed by atoms with van der Waals surface area (Å²) < 4.78 is 5.36. The molecule has 1 aromatic heterocycles. The minimum Gasteiger partial charge on any atom is -0.476 e. The average Bonchev–Trinajstić information content (AvgIpc) is 2.95. The second kappa shape index (κ2) is 5.15. The molecule has 110 valence electrons. The number of amides is 1. The molecule has 20 heavy (non-hydrogen) atoms. The molecule has 0 aromatic carbocycles. The summed E-state index contributed by atoms with van der Waals surface area (Å²) in [4.78, 5) is 24.6. The Morgan fingerprint density at radius 1 is 1.50 bits per heavy atom. The van der Waals surface area contributed by atoms with Crippen molar-refractivity contribution in [2.45, 2.75) is 45.3 Å². The first-order chi connectivity index (χ1) is 9.28. The van der Waals surface area contributed by atoms with Gasteiger partial charge in [0.1, 0.15) is 5.60 Å². The van der Waals surface area contributed by atoms with Crippen LogP contribution in [0.5, 0.6) is 0 Å². The van der Waals surface area contributed by atoms with Crippen LogP contribution in [0.25, 0.3) is 0 Å². The quantitative estimate of drug-likeness (QED) is 0.866. The second-order valence-electron chi connectivity index (χ2n) is 5.85. The van der Waals surface area contributed by atoms with Crippen molar-refractivity contribution in [3.63, 3.8) is 0 Å². The van der Waals surface area contributed by atoms with Crippen LogP contribution in [-0.2, 0) is 4.74 Å². The highest BCUT2D eigenvalue weighted by atomic mass is 16.6. The van der Waals surface area contributed by atoms with E-state index in [2.05, 4.69) is 10.2 Å². The van der Waals surface area contributed by atoms with E-state index < -0.39 is 11.6 Å². The molecule has 7 nitrogen and oxygen atoms in total. The van der Waals surface area contributed by atoms with Crippen molar-refractivity contribution in [1.29, 1.82) is 0 Å².